The summed E-state index contributed by atoms with van der Waals surface area (Å²) in [6.07, 6.45) is 0. The van der Waals surface area contributed by atoms with Crippen LogP contribution in [0.2, 0.25) is 0 Å². The van der Waals surface area contributed by atoms with Crippen LogP contribution in [0.15, 0.2) is 18.2 Å². The first-order chi connectivity index (χ1) is 7.45. The molecule has 0 bridgehead atoms. The number of halogens is 1. The van der Waals surface area contributed by atoms with E-state index >= 15 is 0 Å². The largest absolute Gasteiger partial charge is 0.496 e. The molecule has 3 nitrogen and oxygen atoms in total. The molecule has 0 saturated carbocycles. The minimum Gasteiger partial charge on any atom is -0.496 e. The Balaban J connectivity index is 3.37. The second-order valence-electron chi connectivity index (χ2n) is 3.82. The highest BCUT2D eigenvalue weighted by Gasteiger charge is 2.36. The van der Waals surface area contributed by atoms with Crippen molar-refractivity contribution in [3.05, 3.63) is 29.6 Å². The SMILES string of the molecule is COc1cccc(F)c1C(C)(O)C(C)C#N. The molecule has 0 saturated heterocycles. The summed E-state index contributed by atoms with van der Waals surface area (Å²) in [6, 6.07) is 6.19. The van der Waals surface area contributed by atoms with Crippen molar-refractivity contribution < 1.29 is 14.2 Å². The van der Waals surface area contributed by atoms with Crippen LogP contribution < -0.4 is 4.74 Å². The first-order valence-corrected chi connectivity index (χ1v) is 4.90. The lowest BCUT2D eigenvalue weighted by atomic mass is 9.84. The predicted octanol–water partition coefficient (Wildman–Crippen LogP) is 2.20. The van der Waals surface area contributed by atoms with E-state index in [4.69, 9.17) is 10.00 Å². The average Bonchev–Trinajstić information content (AvgIpc) is 2.26. The number of nitrogens with zero attached hydrogens (tertiary/aromatic N) is 1. The van der Waals surface area contributed by atoms with E-state index in [1.165, 1.54) is 33.1 Å². The molecule has 0 fully saturated rings. The number of methoxy groups -OCH3 is 1. The lowest BCUT2D eigenvalue weighted by Crippen LogP contribution is -2.30. The molecule has 2 unspecified atom stereocenters. The summed E-state index contributed by atoms with van der Waals surface area (Å²) in [5, 5.41) is 19.0. The van der Waals surface area contributed by atoms with Crippen LogP contribution in [0.4, 0.5) is 4.39 Å². The molecule has 4 heteroatoms. The highest BCUT2D eigenvalue weighted by atomic mass is 19.1. The fourth-order valence-electron chi connectivity index (χ4n) is 1.51. The van der Waals surface area contributed by atoms with Crippen molar-refractivity contribution in [2.45, 2.75) is 19.4 Å². The quantitative estimate of drug-likeness (QED) is 0.854. The van der Waals surface area contributed by atoms with Crippen molar-refractivity contribution in [2.24, 2.45) is 5.92 Å². The molecule has 0 amide bonds. The molecule has 2 atom stereocenters. The van der Waals surface area contributed by atoms with Gasteiger partial charge in [0, 0.05) is 0 Å². The third-order valence-electron chi connectivity index (χ3n) is 2.74. The van der Waals surface area contributed by atoms with Gasteiger partial charge in [-0.15, -0.1) is 0 Å². The Labute approximate surface area is 94.1 Å². The van der Waals surface area contributed by atoms with Gasteiger partial charge in [0.05, 0.1) is 24.7 Å². The van der Waals surface area contributed by atoms with Gasteiger partial charge in [0.15, 0.2) is 0 Å². The first-order valence-electron chi connectivity index (χ1n) is 4.90. The zero-order valence-electron chi connectivity index (χ0n) is 9.49. The van der Waals surface area contributed by atoms with Crippen LogP contribution in [0, 0.1) is 23.1 Å². The second kappa shape index (κ2) is 4.50. The Hall–Kier alpha value is -1.60. The van der Waals surface area contributed by atoms with Crippen LogP contribution in [-0.4, -0.2) is 12.2 Å². The Morgan fingerprint density at radius 1 is 1.56 bits per heavy atom. The summed E-state index contributed by atoms with van der Waals surface area (Å²) >= 11 is 0. The van der Waals surface area contributed by atoms with E-state index < -0.39 is 17.3 Å². The van der Waals surface area contributed by atoms with Gasteiger partial charge in [-0.1, -0.05) is 6.07 Å². The Bertz CT molecular complexity index is 424. The van der Waals surface area contributed by atoms with E-state index in [0.717, 1.165) is 0 Å². The van der Waals surface area contributed by atoms with E-state index in [0.29, 0.717) is 0 Å². The summed E-state index contributed by atoms with van der Waals surface area (Å²) in [6.45, 7) is 2.94. The number of benzene rings is 1. The molecule has 1 N–H and O–H groups in total. The van der Waals surface area contributed by atoms with Gasteiger partial charge in [0.1, 0.15) is 17.2 Å². The molecule has 0 aliphatic heterocycles. The van der Waals surface area contributed by atoms with Crippen molar-refractivity contribution in [3.8, 4) is 11.8 Å². The molecular formula is C12H14FNO2. The average molecular weight is 223 g/mol. The van der Waals surface area contributed by atoms with Gasteiger partial charge in [0.2, 0.25) is 0 Å². The van der Waals surface area contributed by atoms with E-state index in [2.05, 4.69) is 0 Å². The van der Waals surface area contributed by atoms with Crippen LogP contribution in [0.1, 0.15) is 19.4 Å². The molecule has 0 aromatic heterocycles. The molecule has 0 heterocycles. The van der Waals surface area contributed by atoms with E-state index in [9.17, 15) is 9.50 Å². The van der Waals surface area contributed by atoms with Crippen LogP contribution >= 0.6 is 0 Å². The summed E-state index contributed by atoms with van der Waals surface area (Å²) in [5.41, 5.74) is -1.56. The standard InChI is InChI=1S/C12H14FNO2/c1-8(7-14)12(2,15)11-9(13)5-4-6-10(11)16-3/h4-6,8,15H,1-3H3. The van der Waals surface area contributed by atoms with Crippen LogP contribution in [-0.2, 0) is 5.60 Å². The normalized spacial score (nSPS) is 16.0. The lowest BCUT2D eigenvalue weighted by molar-refractivity contribution is 0.0174. The van der Waals surface area contributed by atoms with Crippen molar-refractivity contribution in [3.63, 3.8) is 0 Å². The number of rotatable bonds is 3. The van der Waals surface area contributed by atoms with Crippen molar-refractivity contribution in [1.82, 2.24) is 0 Å². The monoisotopic (exact) mass is 223 g/mol. The van der Waals surface area contributed by atoms with Gasteiger partial charge < -0.3 is 9.84 Å². The third-order valence-corrected chi connectivity index (χ3v) is 2.74. The van der Waals surface area contributed by atoms with Crippen molar-refractivity contribution >= 4 is 0 Å². The fourth-order valence-corrected chi connectivity index (χ4v) is 1.51. The predicted molar refractivity (Wildman–Crippen MR) is 57.3 cm³/mol. The zero-order valence-corrected chi connectivity index (χ0v) is 9.49. The highest BCUT2D eigenvalue weighted by molar-refractivity contribution is 5.40. The maximum absolute atomic E-state index is 13.7. The van der Waals surface area contributed by atoms with Crippen molar-refractivity contribution in [1.29, 1.82) is 5.26 Å². The summed E-state index contributed by atoms with van der Waals surface area (Å²) < 4.78 is 18.7. The smallest absolute Gasteiger partial charge is 0.133 e. The van der Waals surface area contributed by atoms with E-state index in [1.807, 2.05) is 6.07 Å². The number of nitriles is 1. The summed E-state index contributed by atoms with van der Waals surface area (Å²) in [7, 11) is 1.39. The van der Waals surface area contributed by atoms with Gasteiger partial charge in [-0.05, 0) is 26.0 Å². The van der Waals surface area contributed by atoms with Crippen LogP contribution in [0.5, 0.6) is 5.75 Å². The molecule has 0 spiro atoms. The number of hydrogen-bond donors (Lipinski definition) is 1. The Kier molecular flexibility index (Phi) is 3.51. The minimum absolute atomic E-state index is 0.0200. The maximum Gasteiger partial charge on any atom is 0.133 e. The van der Waals surface area contributed by atoms with E-state index in [1.54, 1.807) is 6.07 Å². The number of hydrogen-bond acceptors (Lipinski definition) is 3. The van der Waals surface area contributed by atoms with Crippen LogP contribution in [0.25, 0.3) is 0 Å². The Morgan fingerprint density at radius 3 is 2.69 bits per heavy atom. The molecule has 0 aliphatic rings. The number of ether oxygens (including phenoxy) is 1. The topological polar surface area (TPSA) is 53.2 Å². The van der Waals surface area contributed by atoms with Crippen LogP contribution in [0.3, 0.4) is 0 Å². The minimum atomic E-state index is -1.58. The molecule has 86 valence electrons. The van der Waals surface area contributed by atoms with E-state index in [-0.39, 0.29) is 11.3 Å². The van der Waals surface area contributed by atoms with Gasteiger partial charge in [-0.25, -0.2) is 4.39 Å². The molecule has 1 rings (SSSR count). The summed E-state index contributed by atoms with van der Waals surface area (Å²) in [4.78, 5) is 0. The van der Waals surface area contributed by atoms with Gasteiger partial charge in [-0.2, -0.15) is 5.26 Å². The lowest BCUT2D eigenvalue weighted by Gasteiger charge is -2.28. The third kappa shape index (κ3) is 2.00. The molecule has 1 aromatic rings. The second-order valence-corrected chi connectivity index (χ2v) is 3.82. The highest BCUT2D eigenvalue weighted by Crippen LogP contribution is 2.36. The number of aliphatic hydroxyl groups is 1. The molecule has 0 radical (unpaired) electrons. The molecular weight excluding hydrogens is 209 g/mol. The first kappa shape index (κ1) is 12.5. The molecule has 0 aliphatic carbocycles. The van der Waals surface area contributed by atoms with Gasteiger partial charge in [-0.3, -0.25) is 0 Å². The molecule has 1 aromatic carbocycles. The fraction of sp³-hybridized carbons (Fsp3) is 0.417. The van der Waals surface area contributed by atoms with Gasteiger partial charge >= 0.3 is 0 Å². The molecule has 16 heavy (non-hydrogen) atoms. The summed E-state index contributed by atoms with van der Waals surface area (Å²) in [5.74, 6) is -1.07. The Morgan fingerprint density at radius 2 is 2.19 bits per heavy atom. The van der Waals surface area contributed by atoms with Gasteiger partial charge in [0.25, 0.3) is 0 Å². The van der Waals surface area contributed by atoms with Crippen molar-refractivity contribution in [2.75, 3.05) is 7.11 Å². The maximum atomic E-state index is 13.7. The zero-order chi connectivity index (χ0) is 12.3.